The first-order valence-corrected chi connectivity index (χ1v) is 7.33. The molecule has 3 nitrogen and oxygen atoms in total. The molecule has 0 amide bonds. The van der Waals surface area contributed by atoms with E-state index in [1.54, 1.807) is 7.05 Å². The van der Waals surface area contributed by atoms with E-state index in [4.69, 9.17) is 0 Å². The maximum Gasteiger partial charge on any atom is 0.168 e. The van der Waals surface area contributed by atoms with Gasteiger partial charge in [0.25, 0.3) is 0 Å². The molecule has 2 N–H and O–H groups in total. The van der Waals surface area contributed by atoms with Crippen molar-refractivity contribution in [3.05, 3.63) is 17.7 Å². The smallest absolute Gasteiger partial charge is 0.168 e. The van der Waals surface area contributed by atoms with E-state index in [2.05, 4.69) is 29.5 Å². The molecule has 0 aliphatic heterocycles. The lowest BCUT2D eigenvalue weighted by Crippen LogP contribution is -2.35. The molecule has 0 bridgehead atoms. The first-order chi connectivity index (χ1) is 9.52. The molecule has 1 heterocycles. The lowest BCUT2D eigenvalue weighted by molar-refractivity contribution is 0.253. The SMILES string of the molecule is CNc1nc(NC2CCCCC2C(C)C)c(F)cc1F. The molecule has 0 saturated heterocycles. The summed E-state index contributed by atoms with van der Waals surface area (Å²) in [5.41, 5.74) is 0. The molecule has 2 rings (SSSR count). The zero-order valence-electron chi connectivity index (χ0n) is 12.3. The lowest BCUT2D eigenvalue weighted by Gasteiger charge is -2.35. The quantitative estimate of drug-likeness (QED) is 0.876. The summed E-state index contributed by atoms with van der Waals surface area (Å²) >= 11 is 0. The van der Waals surface area contributed by atoms with Crippen molar-refractivity contribution in [3.63, 3.8) is 0 Å². The molecule has 2 atom stereocenters. The van der Waals surface area contributed by atoms with E-state index in [9.17, 15) is 8.78 Å². The van der Waals surface area contributed by atoms with Gasteiger partial charge in [-0.15, -0.1) is 0 Å². The van der Waals surface area contributed by atoms with E-state index < -0.39 is 11.6 Å². The number of hydrogen-bond donors (Lipinski definition) is 2. The Morgan fingerprint density at radius 2 is 1.80 bits per heavy atom. The number of anilines is 2. The second kappa shape index (κ2) is 6.37. The summed E-state index contributed by atoms with van der Waals surface area (Å²) in [4.78, 5) is 4.01. The minimum atomic E-state index is -0.667. The number of nitrogens with zero attached hydrogens (tertiary/aromatic N) is 1. The Bertz CT molecular complexity index is 463. The summed E-state index contributed by atoms with van der Waals surface area (Å²) in [5, 5.41) is 5.83. The van der Waals surface area contributed by atoms with E-state index in [1.807, 2.05) is 0 Å². The molecule has 1 fully saturated rings. The highest BCUT2D eigenvalue weighted by molar-refractivity contribution is 5.47. The normalized spacial score (nSPS) is 22.9. The summed E-state index contributed by atoms with van der Waals surface area (Å²) in [6, 6.07) is 1.09. The van der Waals surface area contributed by atoms with Crippen LogP contribution in [0.15, 0.2) is 6.07 Å². The topological polar surface area (TPSA) is 37.0 Å². The molecular weight excluding hydrogens is 260 g/mol. The first-order valence-electron chi connectivity index (χ1n) is 7.33. The molecule has 112 valence electrons. The summed E-state index contributed by atoms with van der Waals surface area (Å²) < 4.78 is 27.3. The van der Waals surface area contributed by atoms with Gasteiger partial charge in [-0.3, -0.25) is 0 Å². The number of halogens is 2. The van der Waals surface area contributed by atoms with Crippen molar-refractivity contribution in [2.45, 2.75) is 45.6 Å². The highest BCUT2D eigenvalue weighted by Crippen LogP contribution is 2.32. The number of hydrogen-bond acceptors (Lipinski definition) is 3. The van der Waals surface area contributed by atoms with Gasteiger partial charge in [0.1, 0.15) is 0 Å². The lowest BCUT2D eigenvalue weighted by atomic mass is 9.78. The summed E-state index contributed by atoms with van der Waals surface area (Å²) in [7, 11) is 1.57. The second-order valence-electron chi connectivity index (χ2n) is 5.84. The maximum atomic E-state index is 13.9. The van der Waals surface area contributed by atoms with E-state index in [0.29, 0.717) is 11.8 Å². The van der Waals surface area contributed by atoms with Crippen molar-refractivity contribution in [3.8, 4) is 0 Å². The monoisotopic (exact) mass is 283 g/mol. The third kappa shape index (κ3) is 3.19. The van der Waals surface area contributed by atoms with Crippen LogP contribution in [0.1, 0.15) is 39.5 Å². The zero-order chi connectivity index (χ0) is 14.7. The summed E-state index contributed by atoms with van der Waals surface area (Å²) in [6.45, 7) is 4.39. The van der Waals surface area contributed by atoms with Crippen LogP contribution < -0.4 is 10.6 Å². The van der Waals surface area contributed by atoms with Gasteiger partial charge in [0.15, 0.2) is 23.3 Å². The predicted molar refractivity (Wildman–Crippen MR) is 77.9 cm³/mol. The van der Waals surface area contributed by atoms with Gasteiger partial charge in [-0.05, 0) is 24.7 Å². The molecule has 0 radical (unpaired) electrons. The Morgan fingerprint density at radius 1 is 1.15 bits per heavy atom. The fourth-order valence-electron chi connectivity index (χ4n) is 3.06. The Labute approximate surface area is 119 Å². The molecular formula is C15H23F2N3. The minimum Gasteiger partial charge on any atom is -0.371 e. The Balaban J connectivity index is 2.19. The third-order valence-corrected chi connectivity index (χ3v) is 4.16. The van der Waals surface area contributed by atoms with Crippen molar-refractivity contribution < 1.29 is 8.78 Å². The molecule has 0 aromatic carbocycles. The van der Waals surface area contributed by atoms with Crippen molar-refractivity contribution in [1.82, 2.24) is 4.98 Å². The second-order valence-corrected chi connectivity index (χ2v) is 5.84. The van der Waals surface area contributed by atoms with E-state index >= 15 is 0 Å². The third-order valence-electron chi connectivity index (χ3n) is 4.16. The van der Waals surface area contributed by atoms with Crippen LogP contribution in [-0.4, -0.2) is 18.1 Å². The average Bonchev–Trinajstić information content (AvgIpc) is 2.42. The molecule has 1 aromatic heterocycles. The van der Waals surface area contributed by atoms with Gasteiger partial charge in [0.05, 0.1) is 0 Å². The molecule has 1 saturated carbocycles. The minimum absolute atomic E-state index is 0.0748. The molecule has 0 spiro atoms. The summed E-state index contributed by atoms with van der Waals surface area (Å²) in [5.74, 6) is -0.0265. The standard InChI is InChI=1S/C15H23F2N3/c1-9(2)10-6-4-5-7-13(10)19-15-12(17)8-11(16)14(18-3)20-15/h8-10,13H,4-7H2,1-3H3,(H2,18,19,20). The maximum absolute atomic E-state index is 13.9. The van der Waals surface area contributed by atoms with Crippen LogP contribution in [0.25, 0.3) is 0 Å². The molecule has 2 unspecified atom stereocenters. The van der Waals surface area contributed by atoms with Gasteiger partial charge in [-0.1, -0.05) is 26.7 Å². The van der Waals surface area contributed by atoms with Crippen molar-refractivity contribution >= 4 is 11.6 Å². The van der Waals surface area contributed by atoms with Crippen LogP contribution in [0.2, 0.25) is 0 Å². The van der Waals surface area contributed by atoms with E-state index in [1.165, 1.54) is 6.42 Å². The fraction of sp³-hybridized carbons (Fsp3) is 0.667. The van der Waals surface area contributed by atoms with Gasteiger partial charge in [-0.25, -0.2) is 13.8 Å². The van der Waals surface area contributed by atoms with Crippen LogP contribution in [0.4, 0.5) is 20.4 Å². The van der Waals surface area contributed by atoms with Crippen LogP contribution >= 0.6 is 0 Å². The number of pyridine rings is 1. The Morgan fingerprint density at radius 3 is 2.45 bits per heavy atom. The number of rotatable bonds is 4. The largest absolute Gasteiger partial charge is 0.371 e. The van der Waals surface area contributed by atoms with Crippen LogP contribution in [0.5, 0.6) is 0 Å². The van der Waals surface area contributed by atoms with Crippen LogP contribution in [-0.2, 0) is 0 Å². The van der Waals surface area contributed by atoms with Gasteiger partial charge in [-0.2, -0.15) is 0 Å². The Hall–Kier alpha value is -1.39. The number of aromatic nitrogens is 1. The van der Waals surface area contributed by atoms with Gasteiger partial charge < -0.3 is 10.6 Å². The molecule has 5 heteroatoms. The van der Waals surface area contributed by atoms with Crippen LogP contribution in [0, 0.1) is 23.5 Å². The molecule has 1 aliphatic rings. The fourth-order valence-corrected chi connectivity index (χ4v) is 3.06. The van der Waals surface area contributed by atoms with Gasteiger partial charge in [0, 0.05) is 19.2 Å². The van der Waals surface area contributed by atoms with E-state index in [-0.39, 0.29) is 17.7 Å². The van der Waals surface area contributed by atoms with Gasteiger partial charge >= 0.3 is 0 Å². The predicted octanol–water partition coefficient (Wildman–Crippen LogP) is 4.03. The van der Waals surface area contributed by atoms with E-state index in [0.717, 1.165) is 25.3 Å². The zero-order valence-corrected chi connectivity index (χ0v) is 12.3. The molecule has 20 heavy (non-hydrogen) atoms. The summed E-state index contributed by atoms with van der Waals surface area (Å²) in [6.07, 6.45) is 4.53. The molecule has 1 aliphatic carbocycles. The number of nitrogens with one attached hydrogen (secondary N) is 2. The average molecular weight is 283 g/mol. The highest BCUT2D eigenvalue weighted by Gasteiger charge is 2.28. The Kier molecular flexibility index (Phi) is 4.78. The van der Waals surface area contributed by atoms with Crippen molar-refractivity contribution in [2.24, 2.45) is 11.8 Å². The highest BCUT2D eigenvalue weighted by atomic mass is 19.1. The van der Waals surface area contributed by atoms with Crippen molar-refractivity contribution in [1.29, 1.82) is 0 Å². The van der Waals surface area contributed by atoms with Crippen LogP contribution in [0.3, 0.4) is 0 Å². The molecule has 1 aromatic rings. The van der Waals surface area contributed by atoms with Gasteiger partial charge in [0.2, 0.25) is 0 Å². The van der Waals surface area contributed by atoms with Crippen molar-refractivity contribution in [2.75, 3.05) is 17.7 Å². The first kappa shape index (κ1) is 15.0.